The highest BCUT2D eigenvalue weighted by atomic mass is 35.5. The Morgan fingerprint density at radius 3 is 2.80 bits per heavy atom. The number of aromatic nitrogens is 2. The Morgan fingerprint density at radius 2 is 2.27 bits per heavy atom. The highest BCUT2D eigenvalue weighted by Crippen LogP contribution is 2.11. The van der Waals surface area contributed by atoms with Gasteiger partial charge in [-0.1, -0.05) is 0 Å². The third kappa shape index (κ3) is 4.09. The van der Waals surface area contributed by atoms with E-state index in [1.165, 1.54) is 0 Å². The van der Waals surface area contributed by atoms with E-state index >= 15 is 0 Å². The van der Waals surface area contributed by atoms with Crippen LogP contribution in [0.15, 0.2) is 6.20 Å². The molecule has 0 radical (unpaired) electrons. The second-order valence-electron chi connectivity index (χ2n) is 3.25. The van der Waals surface area contributed by atoms with Crippen LogP contribution in [0.2, 0.25) is 0 Å². The van der Waals surface area contributed by atoms with Crippen molar-refractivity contribution in [3.05, 3.63) is 11.8 Å². The highest BCUT2D eigenvalue weighted by Gasteiger charge is 2.12. The van der Waals surface area contributed by atoms with Crippen LogP contribution < -0.4 is 4.72 Å². The Bertz CT molecular complexity index is 402. The molecule has 5 nitrogen and oxygen atoms in total. The van der Waals surface area contributed by atoms with E-state index in [0.717, 1.165) is 5.56 Å². The minimum absolute atomic E-state index is 0.0815. The van der Waals surface area contributed by atoms with Gasteiger partial charge in [0.2, 0.25) is 10.0 Å². The number of rotatable bonds is 6. The van der Waals surface area contributed by atoms with Gasteiger partial charge in [-0.3, -0.25) is 9.82 Å². The summed E-state index contributed by atoms with van der Waals surface area (Å²) >= 11 is 5.47. The maximum absolute atomic E-state index is 11.5. The van der Waals surface area contributed by atoms with E-state index in [4.69, 9.17) is 11.6 Å². The zero-order valence-corrected chi connectivity index (χ0v) is 10.0. The lowest BCUT2D eigenvalue weighted by atomic mass is 10.4. The molecular weight excluding hydrogens is 238 g/mol. The molecule has 15 heavy (non-hydrogen) atoms. The summed E-state index contributed by atoms with van der Waals surface area (Å²) in [5, 5.41) is 6.31. The second-order valence-corrected chi connectivity index (χ2v) is 5.46. The molecule has 1 rings (SSSR count). The van der Waals surface area contributed by atoms with E-state index in [9.17, 15) is 8.42 Å². The average Bonchev–Trinajstić information content (AvgIpc) is 2.51. The molecule has 0 bridgehead atoms. The molecule has 0 saturated heterocycles. The van der Waals surface area contributed by atoms with Crippen molar-refractivity contribution < 1.29 is 8.42 Å². The van der Waals surface area contributed by atoms with Gasteiger partial charge in [0.25, 0.3) is 0 Å². The van der Waals surface area contributed by atoms with Crippen molar-refractivity contribution in [2.45, 2.75) is 19.8 Å². The first-order valence-electron chi connectivity index (χ1n) is 4.61. The molecule has 1 aromatic rings. The van der Waals surface area contributed by atoms with Gasteiger partial charge in [-0.2, -0.15) is 5.10 Å². The fourth-order valence-corrected chi connectivity index (χ4v) is 2.44. The molecule has 0 aliphatic rings. The number of sulfonamides is 1. The van der Waals surface area contributed by atoms with Crippen LogP contribution in [-0.2, 0) is 10.0 Å². The monoisotopic (exact) mass is 251 g/mol. The summed E-state index contributed by atoms with van der Waals surface area (Å²) in [7, 11) is -3.28. The van der Waals surface area contributed by atoms with Crippen molar-refractivity contribution in [3.63, 3.8) is 0 Å². The third-order valence-electron chi connectivity index (χ3n) is 1.88. The molecule has 0 atom stereocenters. The maximum Gasteiger partial charge on any atom is 0.233 e. The van der Waals surface area contributed by atoms with Gasteiger partial charge < -0.3 is 0 Å². The number of hydrogen-bond donors (Lipinski definition) is 2. The first-order chi connectivity index (χ1) is 7.05. The van der Waals surface area contributed by atoms with Gasteiger partial charge in [-0.15, -0.1) is 11.6 Å². The van der Waals surface area contributed by atoms with Crippen LogP contribution in [-0.4, -0.2) is 30.2 Å². The number of aromatic amines is 1. The molecule has 0 unspecified atom stereocenters. The van der Waals surface area contributed by atoms with Crippen LogP contribution in [0, 0.1) is 6.92 Å². The molecule has 2 N–H and O–H groups in total. The van der Waals surface area contributed by atoms with Gasteiger partial charge in [-0.25, -0.2) is 8.42 Å². The predicted molar refractivity (Wildman–Crippen MR) is 60.7 cm³/mol. The van der Waals surface area contributed by atoms with Crippen molar-refractivity contribution in [2.75, 3.05) is 16.4 Å². The van der Waals surface area contributed by atoms with Gasteiger partial charge in [0, 0.05) is 11.4 Å². The summed E-state index contributed by atoms with van der Waals surface area (Å²) in [6.45, 7) is 1.78. The zero-order chi connectivity index (χ0) is 11.3. The highest BCUT2D eigenvalue weighted by molar-refractivity contribution is 7.92. The lowest BCUT2D eigenvalue weighted by molar-refractivity contribution is 0.597. The SMILES string of the molecule is Cc1cn[nH]c1NS(=O)(=O)CCCCCl. The number of nitrogens with one attached hydrogen (secondary N) is 2. The molecule has 0 aromatic carbocycles. The largest absolute Gasteiger partial charge is 0.268 e. The van der Waals surface area contributed by atoms with Crippen LogP contribution in [0.4, 0.5) is 5.82 Å². The van der Waals surface area contributed by atoms with Gasteiger partial charge in [0.1, 0.15) is 5.82 Å². The molecule has 86 valence electrons. The smallest absolute Gasteiger partial charge is 0.233 e. The number of halogens is 1. The number of H-pyrrole nitrogens is 1. The topological polar surface area (TPSA) is 74.8 Å². The molecule has 1 heterocycles. The quantitative estimate of drug-likeness (QED) is 0.594. The molecule has 0 aliphatic carbocycles. The summed E-state index contributed by atoms with van der Waals surface area (Å²) in [5.41, 5.74) is 0.774. The lowest BCUT2D eigenvalue weighted by Crippen LogP contribution is -2.17. The zero-order valence-electron chi connectivity index (χ0n) is 8.46. The van der Waals surface area contributed by atoms with Crippen LogP contribution in [0.1, 0.15) is 18.4 Å². The molecule has 0 fully saturated rings. The Hall–Kier alpha value is -0.750. The maximum atomic E-state index is 11.5. The van der Waals surface area contributed by atoms with Crippen molar-refractivity contribution in [1.82, 2.24) is 10.2 Å². The van der Waals surface area contributed by atoms with Gasteiger partial charge in [-0.05, 0) is 19.8 Å². The first-order valence-corrected chi connectivity index (χ1v) is 6.80. The Balaban J connectivity index is 2.53. The fraction of sp³-hybridized carbons (Fsp3) is 0.625. The molecule has 0 aliphatic heterocycles. The predicted octanol–water partition coefficient (Wildman–Crippen LogP) is 1.48. The lowest BCUT2D eigenvalue weighted by Gasteiger charge is -2.05. The Labute approximate surface area is 94.3 Å². The minimum atomic E-state index is -3.28. The summed E-state index contributed by atoms with van der Waals surface area (Å²) < 4.78 is 25.5. The van der Waals surface area contributed by atoms with E-state index < -0.39 is 10.0 Å². The minimum Gasteiger partial charge on any atom is -0.268 e. The number of aryl methyl sites for hydroxylation is 1. The van der Waals surface area contributed by atoms with E-state index in [1.807, 2.05) is 0 Å². The van der Waals surface area contributed by atoms with Crippen LogP contribution in [0.3, 0.4) is 0 Å². The Morgan fingerprint density at radius 1 is 1.53 bits per heavy atom. The Kier molecular flexibility index (Phi) is 4.41. The van der Waals surface area contributed by atoms with Crippen molar-refractivity contribution in [2.24, 2.45) is 0 Å². The van der Waals surface area contributed by atoms with Gasteiger partial charge in [0.15, 0.2) is 0 Å². The van der Waals surface area contributed by atoms with E-state index in [0.29, 0.717) is 24.5 Å². The van der Waals surface area contributed by atoms with Crippen LogP contribution in [0.5, 0.6) is 0 Å². The normalized spacial score (nSPS) is 11.6. The van der Waals surface area contributed by atoms with Gasteiger partial charge >= 0.3 is 0 Å². The van der Waals surface area contributed by atoms with Crippen molar-refractivity contribution >= 4 is 27.4 Å². The fourth-order valence-electron chi connectivity index (χ4n) is 1.04. The van der Waals surface area contributed by atoms with Crippen molar-refractivity contribution in [3.8, 4) is 0 Å². The van der Waals surface area contributed by atoms with E-state index in [-0.39, 0.29) is 5.75 Å². The number of anilines is 1. The van der Waals surface area contributed by atoms with Gasteiger partial charge in [0.05, 0.1) is 11.9 Å². The first kappa shape index (κ1) is 12.3. The number of unbranched alkanes of at least 4 members (excludes halogenated alkanes) is 1. The summed E-state index contributed by atoms with van der Waals surface area (Å²) in [5.74, 6) is 0.998. The molecule has 0 spiro atoms. The molecule has 0 saturated carbocycles. The molecule has 7 heteroatoms. The number of alkyl halides is 1. The number of nitrogens with zero attached hydrogens (tertiary/aromatic N) is 1. The summed E-state index contributed by atoms with van der Waals surface area (Å²) in [6.07, 6.45) is 2.83. The summed E-state index contributed by atoms with van der Waals surface area (Å²) in [4.78, 5) is 0. The molecule has 1 aromatic heterocycles. The second kappa shape index (κ2) is 5.37. The van der Waals surface area contributed by atoms with E-state index in [2.05, 4.69) is 14.9 Å². The molecular formula is C8H14ClN3O2S. The van der Waals surface area contributed by atoms with Crippen LogP contribution in [0.25, 0.3) is 0 Å². The van der Waals surface area contributed by atoms with Crippen molar-refractivity contribution in [1.29, 1.82) is 0 Å². The standard InChI is InChI=1S/C8H14ClN3O2S/c1-7-6-10-11-8(7)12-15(13,14)5-3-2-4-9/h6H,2-5H2,1H3,(H2,10,11,12). The number of hydrogen-bond acceptors (Lipinski definition) is 3. The summed E-state index contributed by atoms with van der Waals surface area (Å²) in [6, 6.07) is 0. The average molecular weight is 252 g/mol. The van der Waals surface area contributed by atoms with E-state index in [1.54, 1.807) is 13.1 Å². The van der Waals surface area contributed by atoms with Crippen LogP contribution >= 0.6 is 11.6 Å². The molecule has 0 amide bonds. The third-order valence-corrected chi connectivity index (χ3v) is 3.49.